The molecule has 3 unspecified atom stereocenters. The minimum atomic E-state index is -0.830. The normalized spacial score (nSPS) is 15.6. The van der Waals surface area contributed by atoms with Crippen molar-refractivity contribution in [3.63, 3.8) is 0 Å². The SMILES string of the molecule is CC(C)CCSC1CC(=O)N(CCCCCC(=O)NC(C(=O)NCC(=O)Nc2ccc(COC(=O)N(C)C(C=O)C(C)C)cc2)C(C)C)C1=O. The van der Waals surface area contributed by atoms with Crippen LogP contribution in [0, 0.1) is 17.8 Å². The van der Waals surface area contributed by atoms with Crippen molar-refractivity contribution in [3.05, 3.63) is 29.8 Å². The van der Waals surface area contributed by atoms with Crippen molar-refractivity contribution in [2.75, 3.05) is 31.2 Å². The summed E-state index contributed by atoms with van der Waals surface area (Å²) in [5.41, 5.74) is 1.16. The third-order valence-corrected chi connectivity index (χ3v) is 9.59. The molecule has 1 aliphatic rings. The molecule has 50 heavy (non-hydrogen) atoms. The number of ether oxygens (including phenoxy) is 1. The van der Waals surface area contributed by atoms with Gasteiger partial charge < -0.3 is 30.4 Å². The molecule has 2 rings (SSSR count). The fraction of sp³-hybridized carbons (Fsp3) is 0.639. The van der Waals surface area contributed by atoms with Crippen LogP contribution in [0.15, 0.2) is 24.3 Å². The highest BCUT2D eigenvalue weighted by Gasteiger charge is 2.38. The molecule has 0 aliphatic carbocycles. The maximum absolute atomic E-state index is 12.9. The minimum Gasteiger partial charge on any atom is -0.445 e. The second-order valence-electron chi connectivity index (χ2n) is 13.7. The first-order valence-corrected chi connectivity index (χ1v) is 18.5. The number of imide groups is 1. The summed E-state index contributed by atoms with van der Waals surface area (Å²) >= 11 is 1.56. The molecule has 1 heterocycles. The van der Waals surface area contributed by atoms with Gasteiger partial charge in [0.25, 0.3) is 0 Å². The Hall–Kier alpha value is -3.94. The van der Waals surface area contributed by atoms with Gasteiger partial charge in [-0.3, -0.25) is 28.9 Å². The first-order chi connectivity index (χ1) is 23.6. The van der Waals surface area contributed by atoms with E-state index in [4.69, 9.17) is 4.74 Å². The number of benzene rings is 1. The molecule has 14 heteroatoms. The maximum atomic E-state index is 12.9. The topological polar surface area (TPSA) is 171 Å². The molecule has 1 aliphatic heterocycles. The highest BCUT2D eigenvalue weighted by Crippen LogP contribution is 2.27. The molecule has 1 aromatic carbocycles. The fourth-order valence-corrected chi connectivity index (χ4v) is 6.63. The van der Waals surface area contributed by atoms with Gasteiger partial charge in [0.15, 0.2) is 0 Å². The molecule has 6 amide bonds. The summed E-state index contributed by atoms with van der Waals surface area (Å²) < 4.78 is 5.29. The van der Waals surface area contributed by atoms with Crippen molar-refractivity contribution in [1.82, 2.24) is 20.4 Å². The Morgan fingerprint density at radius 1 is 0.980 bits per heavy atom. The molecule has 1 aromatic rings. The molecule has 0 radical (unpaired) electrons. The Kier molecular flexibility index (Phi) is 18.0. The van der Waals surface area contributed by atoms with Gasteiger partial charge in [0.05, 0.1) is 17.8 Å². The molecule has 3 atom stereocenters. The van der Waals surface area contributed by atoms with Crippen LogP contribution in [-0.2, 0) is 40.1 Å². The number of thioether (sulfide) groups is 1. The Labute approximate surface area is 300 Å². The molecule has 1 saturated heterocycles. The van der Waals surface area contributed by atoms with Crippen LogP contribution in [0.4, 0.5) is 10.5 Å². The van der Waals surface area contributed by atoms with Gasteiger partial charge in [-0.15, -0.1) is 11.8 Å². The van der Waals surface area contributed by atoms with Crippen molar-refractivity contribution in [3.8, 4) is 0 Å². The van der Waals surface area contributed by atoms with Crippen molar-refractivity contribution in [2.24, 2.45) is 17.8 Å². The molecule has 0 saturated carbocycles. The number of carbonyl (C=O) groups excluding carboxylic acids is 7. The zero-order chi connectivity index (χ0) is 37.4. The molecule has 0 spiro atoms. The molecular formula is C36H55N5O8S. The molecule has 1 fully saturated rings. The van der Waals surface area contributed by atoms with E-state index in [1.807, 2.05) is 13.8 Å². The Bertz CT molecular complexity index is 1320. The quantitative estimate of drug-likeness (QED) is 0.0961. The third-order valence-electron chi connectivity index (χ3n) is 8.35. The predicted octanol–water partition coefficient (Wildman–Crippen LogP) is 4.14. The molecule has 0 aromatic heterocycles. The number of hydrogen-bond acceptors (Lipinski definition) is 9. The first-order valence-electron chi connectivity index (χ1n) is 17.4. The van der Waals surface area contributed by atoms with Crippen molar-refractivity contribution in [2.45, 2.75) is 104 Å². The van der Waals surface area contributed by atoms with E-state index in [9.17, 15) is 33.6 Å². The number of likely N-dealkylation sites (tertiary alicyclic amines) is 1. The lowest BCUT2D eigenvalue weighted by atomic mass is 10.0. The van der Waals surface area contributed by atoms with Crippen molar-refractivity contribution >= 4 is 59.4 Å². The number of anilines is 1. The van der Waals surface area contributed by atoms with Crippen LogP contribution >= 0.6 is 11.8 Å². The second-order valence-corrected chi connectivity index (χ2v) is 15.0. The fourth-order valence-electron chi connectivity index (χ4n) is 5.21. The van der Waals surface area contributed by atoms with Crippen LogP contribution in [0.5, 0.6) is 0 Å². The molecule has 278 valence electrons. The number of unbranched alkanes of at least 4 members (excludes halogenated alkanes) is 2. The van der Waals surface area contributed by atoms with Gasteiger partial charge in [0.1, 0.15) is 18.9 Å². The van der Waals surface area contributed by atoms with Crippen LogP contribution < -0.4 is 16.0 Å². The van der Waals surface area contributed by atoms with E-state index in [1.54, 1.807) is 49.9 Å². The van der Waals surface area contributed by atoms with E-state index >= 15 is 0 Å². The number of nitrogens with zero attached hydrogens (tertiary/aromatic N) is 2. The van der Waals surface area contributed by atoms with E-state index in [0.717, 1.165) is 12.2 Å². The molecular weight excluding hydrogens is 662 g/mol. The summed E-state index contributed by atoms with van der Waals surface area (Å²) in [6.45, 7) is 11.6. The summed E-state index contributed by atoms with van der Waals surface area (Å²) in [4.78, 5) is 89.2. The highest BCUT2D eigenvalue weighted by atomic mass is 32.2. The monoisotopic (exact) mass is 717 g/mol. The van der Waals surface area contributed by atoms with E-state index in [0.29, 0.717) is 49.3 Å². The number of rotatable bonds is 21. The van der Waals surface area contributed by atoms with E-state index in [1.165, 1.54) is 16.8 Å². The second kappa shape index (κ2) is 21.3. The number of amides is 6. The van der Waals surface area contributed by atoms with Gasteiger partial charge >= 0.3 is 6.09 Å². The molecule has 13 nitrogen and oxygen atoms in total. The van der Waals surface area contributed by atoms with Crippen LogP contribution in [0.2, 0.25) is 0 Å². The largest absolute Gasteiger partial charge is 0.445 e. The number of nitrogens with one attached hydrogen (secondary N) is 3. The number of likely N-dealkylation sites (N-methyl/N-ethyl adjacent to an activating group) is 1. The van der Waals surface area contributed by atoms with Gasteiger partial charge in [-0.25, -0.2) is 4.79 Å². The smallest absolute Gasteiger partial charge is 0.410 e. The lowest BCUT2D eigenvalue weighted by molar-refractivity contribution is -0.138. The Morgan fingerprint density at radius 3 is 2.26 bits per heavy atom. The van der Waals surface area contributed by atoms with Crippen LogP contribution in [-0.4, -0.2) is 94.9 Å². The maximum Gasteiger partial charge on any atom is 0.410 e. The van der Waals surface area contributed by atoms with Gasteiger partial charge in [-0.05, 0) is 60.5 Å². The average molecular weight is 718 g/mol. The van der Waals surface area contributed by atoms with Crippen LogP contribution in [0.3, 0.4) is 0 Å². The zero-order valence-corrected chi connectivity index (χ0v) is 31.3. The van der Waals surface area contributed by atoms with E-state index in [-0.39, 0.29) is 60.8 Å². The summed E-state index contributed by atoms with van der Waals surface area (Å²) in [7, 11) is 1.51. The van der Waals surface area contributed by atoms with Crippen LogP contribution in [0.25, 0.3) is 0 Å². The number of aldehydes is 1. The summed E-state index contributed by atoms with van der Waals surface area (Å²) in [6.07, 6.45) is 3.33. The Balaban J connectivity index is 1.70. The van der Waals surface area contributed by atoms with Crippen molar-refractivity contribution in [1.29, 1.82) is 0 Å². The number of hydrogen-bond donors (Lipinski definition) is 3. The summed E-state index contributed by atoms with van der Waals surface area (Å²) in [5.74, 6) is -0.360. The number of carbonyl (C=O) groups is 7. The van der Waals surface area contributed by atoms with Crippen LogP contribution in [0.1, 0.15) is 85.6 Å². The standard InChI is InChI=1S/C36H55N5O8S/c1-23(2)16-18-50-29-19-32(45)41(35(29)47)17-10-8-9-11-30(43)39-33(25(5)6)34(46)37-20-31(44)38-27-14-12-26(13-15-27)22-49-36(48)40(7)28(21-42)24(3)4/h12-15,21,23-25,28-29,33H,8-11,16-20,22H2,1-7H3,(H,37,46)(H,38,44)(H,39,43). The summed E-state index contributed by atoms with van der Waals surface area (Å²) in [5, 5.41) is 7.73. The average Bonchev–Trinajstić information content (AvgIpc) is 3.32. The van der Waals surface area contributed by atoms with Crippen molar-refractivity contribution < 1.29 is 38.3 Å². The zero-order valence-electron chi connectivity index (χ0n) is 30.5. The highest BCUT2D eigenvalue weighted by molar-refractivity contribution is 8.00. The van der Waals surface area contributed by atoms with Gasteiger partial charge in [0, 0.05) is 32.1 Å². The predicted molar refractivity (Wildman–Crippen MR) is 193 cm³/mol. The van der Waals surface area contributed by atoms with Gasteiger partial charge in [-0.2, -0.15) is 0 Å². The molecule has 3 N–H and O–H groups in total. The third kappa shape index (κ3) is 14.1. The lowest BCUT2D eigenvalue weighted by Crippen LogP contribution is -2.51. The lowest BCUT2D eigenvalue weighted by Gasteiger charge is -2.25. The molecule has 0 bridgehead atoms. The van der Waals surface area contributed by atoms with E-state index in [2.05, 4.69) is 29.8 Å². The first kappa shape index (κ1) is 42.2. The van der Waals surface area contributed by atoms with Gasteiger partial charge in [-0.1, -0.05) is 60.1 Å². The van der Waals surface area contributed by atoms with E-state index < -0.39 is 30.0 Å². The minimum absolute atomic E-state index is 0.0154. The van der Waals surface area contributed by atoms with Gasteiger partial charge in [0.2, 0.25) is 29.5 Å². The summed E-state index contributed by atoms with van der Waals surface area (Å²) in [6, 6.07) is 5.22. The Morgan fingerprint density at radius 2 is 1.66 bits per heavy atom.